The molecule has 1 saturated heterocycles. The van der Waals surface area contributed by atoms with Crippen LogP contribution in [0.15, 0.2) is 41.1 Å². The predicted molar refractivity (Wildman–Crippen MR) is 118 cm³/mol. The van der Waals surface area contributed by atoms with Crippen molar-refractivity contribution in [1.82, 2.24) is 10.2 Å². The molecule has 0 spiro atoms. The van der Waals surface area contributed by atoms with Gasteiger partial charge in [-0.25, -0.2) is 0 Å². The van der Waals surface area contributed by atoms with Gasteiger partial charge in [-0.15, -0.1) is 0 Å². The van der Waals surface area contributed by atoms with E-state index in [0.29, 0.717) is 19.5 Å². The van der Waals surface area contributed by atoms with Gasteiger partial charge in [0.1, 0.15) is 0 Å². The molecule has 1 saturated carbocycles. The maximum atomic E-state index is 13.2. The number of nitrogens with one attached hydrogen (secondary N) is 1. The van der Waals surface area contributed by atoms with Gasteiger partial charge < -0.3 is 10.2 Å². The summed E-state index contributed by atoms with van der Waals surface area (Å²) < 4.78 is 0. The topological polar surface area (TPSA) is 49.4 Å². The quantitative estimate of drug-likeness (QED) is 0.762. The maximum absolute atomic E-state index is 13.2. The van der Waals surface area contributed by atoms with E-state index in [9.17, 15) is 9.59 Å². The minimum absolute atomic E-state index is 0.0818. The number of carbonyl (C=O) groups is 2. The molecular formula is C24H30N2O2S. The second-order valence-electron chi connectivity index (χ2n) is 8.93. The molecule has 0 bridgehead atoms. The van der Waals surface area contributed by atoms with E-state index in [2.05, 4.69) is 46.4 Å². The summed E-state index contributed by atoms with van der Waals surface area (Å²) in [5.74, 6) is 0.519. The molecule has 1 N–H and O–H groups in total. The van der Waals surface area contributed by atoms with Crippen molar-refractivity contribution in [2.24, 2.45) is 11.3 Å². The van der Waals surface area contributed by atoms with Crippen molar-refractivity contribution in [3.05, 3.63) is 46.7 Å². The zero-order chi connectivity index (χ0) is 20.4. The van der Waals surface area contributed by atoms with Crippen LogP contribution < -0.4 is 5.32 Å². The first-order chi connectivity index (χ1) is 14.0. The van der Waals surface area contributed by atoms with Gasteiger partial charge in [-0.05, 0) is 73.0 Å². The van der Waals surface area contributed by atoms with Crippen LogP contribution in [-0.4, -0.2) is 35.8 Å². The zero-order valence-corrected chi connectivity index (χ0v) is 18.1. The molecule has 2 heterocycles. The van der Waals surface area contributed by atoms with Gasteiger partial charge in [0, 0.05) is 25.0 Å². The molecule has 1 aromatic heterocycles. The Morgan fingerprint density at radius 3 is 2.52 bits per heavy atom. The highest BCUT2D eigenvalue weighted by Gasteiger charge is 2.47. The molecule has 29 heavy (non-hydrogen) atoms. The monoisotopic (exact) mass is 410 g/mol. The van der Waals surface area contributed by atoms with E-state index in [1.807, 2.05) is 18.7 Å². The fourth-order valence-corrected chi connectivity index (χ4v) is 5.10. The summed E-state index contributed by atoms with van der Waals surface area (Å²) in [5, 5.41) is 7.35. The van der Waals surface area contributed by atoms with Crippen LogP contribution in [0.5, 0.6) is 0 Å². The van der Waals surface area contributed by atoms with Crippen LogP contribution in [0.4, 0.5) is 0 Å². The largest absolute Gasteiger partial charge is 0.353 e. The normalized spacial score (nSPS) is 22.0. The minimum Gasteiger partial charge on any atom is -0.353 e. The van der Waals surface area contributed by atoms with Crippen LogP contribution in [-0.2, 0) is 16.0 Å². The first-order valence-corrected chi connectivity index (χ1v) is 11.6. The predicted octanol–water partition coefficient (Wildman–Crippen LogP) is 4.50. The van der Waals surface area contributed by atoms with Crippen molar-refractivity contribution in [1.29, 1.82) is 0 Å². The van der Waals surface area contributed by atoms with Gasteiger partial charge in [0.25, 0.3) is 0 Å². The Hall–Kier alpha value is -2.14. The third kappa shape index (κ3) is 4.25. The highest BCUT2D eigenvalue weighted by Crippen LogP contribution is 2.38. The summed E-state index contributed by atoms with van der Waals surface area (Å²) in [6, 6.07) is 10.8. The van der Waals surface area contributed by atoms with E-state index in [4.69, 9.17) is 0 Å². The number of likely N-dealkylation sites (tertiary alicyclic amines) is 1. The maximum Gasteiger partial charge on any atom is 0.228 e. The summed E-state index contributed by atoms with van der Waals surface area (Å²) in [5.41, 5.74) is 3.05. The van der Waals surface area contributed by atoms with E-state index in [1.54, 1.807) is 11.3 Å². The SMILES string of the molecule is CC(C)NC(=O)[C@]1(Cc2ccc(-c3ccsc3)cc2)CCN(C(=O)C2CCC2)C1. The Morgan fingerprint density at radius 2 is 1.93 bits per heavy atom. The molecule has 2 fully saturated rings. The fourth-order valence-electron chi connectivity index (χ4n) is 4.43. The van der Waals surface area contributed by atoms with Crippen LogP contribution in [0.25, 0.3) is 11.1 Å². The number of rotatable bonds is 6. The summed E-state index contributed by atoms with van der Waals surface area (Å²) in [6.07, 6.45) is 4.56. The minimum atomic E-state index is -0.534. The molecule has 1 aliphatic heterocycles. The molecule has 1 aliphatic carbocycles. The van der Waals surface area contributed by atoms with Crippen molar-refractivity contribution < 1.29 is 9.59 Å². The number of carbonyl (C=O) groups excluding carboxylic acids is 2. The molecule has 2 amide bonds. The lowest BCUT2D eigenvalue weighted by Crippen LogP contribution is -2.48. The van der Waals surface area contributed by atoms with E-state index in [0.717, 1.165) is 31.2 Å². The molecule has 2 aliphatic rings. The molecule has 4 rings (SSSR count). The van der Waals surface area contributed by atoms with Gasteiger partial charge >= 0.3 is 0 Å². The first-order valence-electron chi connectivity index (χ1n) is 10.7. The van der Waals surface area contributed by atoms with Gasteiger partial charge in [0.2, 0.25) is 11.8 Å². The molecule has 1 aromatic carbocycles. The summed E-state index contributed by atoms with van der Waals surface area (Å²) >= 11 is 1.70. The number of hydrogen-bond acceptors (Lipinski definition) is 3. The summed E-state index contributed by atoms with van der Waals surface area (Å²) in [6.45, 7) is 5.21. The van der Waals surface area contributed by atoms with Gasteiger partial charge in [-0.1, -0.05) is 30.7 Å². The Labute approximate surface area is 177 Å². The lowest BCUT2D eigenvalue weighted by molar-refractivity contribution is -0.138. The second-order valence-corrected chi connectivity index (χ2v) is 9.71. The molecule has 1 atom stereocenters. The number of nitrogens with zero attached hydrogens (tertiary/aromatic N) is 1. The standard InChI is InChI=1S/C24H30N2O2S/c1-17(2)25-23(28)24(11-12-26(16-24)22(27)20-4-3-5-20)14-18-6-8-19(9-7-18)21-10-13-29-15-21/h6-10,13,15,17,20H,3-5,11-12,14,16H2,1-2H3,(H,25,28)/t24-/m0/s1. The van der Waals surface area contributed by atoms with Crippen LogP contribution in [0.3, 0.4) is 0 Å². The molecule has 154 valence electrons. The van der Waals surface area contributed by atoms with Crippen LogP contribution in [0.2, 0.25) is 0 Å². The van der Waals surface area contributed by atoms with Crippen molar-refractivity contribution in [2.45, 2.75) is 52.0 Å². The number of thiophene rings is 1. The third-order valence-electron chi connectivity index (χ3n) is 6.37. The fraction of sp³-hybridized carbons (Fsp3) is 0.500. The summed E-state index contributed by atoms with van der Waals surface area (Å²) in [4.78, 5) is 27.9. The molecule has 5 heteroatoms. The molecule has 0 radical (unpaired) electrons. The van der Waals surface area contributed by atoms with E-state index in [-0.39, 0.29) is 23.8 Å². The second kappa shape index (κ2) is 8.31. The Morgan fingerprint density at radius 1 is 1.17 bits per heavy atom. The Kier molecular flexibility index (Phi) is 5.77. The lowest BCUT2D eigenvalue weighted by atomic mass is 9.79. The van der Waals surface area contributed by atoms with Crippen molar-refractivity contribution in [3.63, 3.8) is 0 Å². The highest BCUT2D eigenvalue weighted by molar-refractivity contribution is 7.08. The zero-order valence-electron chi connectivity index (χ0n) is 17.3. The van der Waals surface area contributed by atoms with E-state index >= 15 is 0 Å². The van der Waals surface area contributed by atoms with Gasteiger partial charge in [0.05, 0.1) is 5.41 Å². The van der Waals surface area contributed by atoms with Gasteiger partial charge in [-0.3, -0.25) is 9.59 Å². The highest BCUT2D eigenvalue weighted by atomic mass is 32.1. The van der Waals surface area contributed by atoms with Gasteiger partial charge in [-0.2, -0.15) is 11.3 Å². The Balaban J connectivity index is 1.53. The van der Waals surface area contributed by atoms with Crippen molar-refractivity contribution >= 4 is 23.2 Å². The number of hydrogen-bond donors (Lipinski definition) is 1. The third-order valence-corrected chi connectivity index (χ3v) is 7.06. The van der Waals surface area contributed by atoms with Crippen molar-refractivity contribution in [2.75, 3.05) is 13.1 Å². The average molecular weight is 411 g/mol. The lowest BCUT2D eigenvalue weighted by Gasteiger charge is -2.32. The number of benzene rings is 1. The first kappa shape index (κ1) is 20.1. The van der Waals surface area contributed by atoms with Crippen LogP contribution in [0, 0.1) is 11.3 Å². The number of amides is 2. The van der Waals surface area contributed by atoms with Gasteiger partial charge in [0.15, 0.2) is 0 Å². The summed E-state index contributed by atoms with van der Waals surface area (Å²) in [7, 11) is 0. The van der Waals surface area contributed by atoms with Crippen molar-refractivity contribution in [3.8, 4) is 11.1 Å². The molecule has 2 aromatic rings. The van der Waals surface area contributed by atoms with E-state index < -0.39 is 5.41 Å². The van der Waals surface area contributed by atoms with E-state index in [1.165, 1.54) is 11.1 Å². The molecule has 4 nitrogen and oxygen atoms in total. The van der Waals surface area contributed by atoms with Crippen LogP contribution in [0.1, 0.15) is 45.1 Å². The molecule has 0 unspecified atom stereocenters. The van der Waals surface area contributed by atoms with Crippen LogP contribution >= 0.6 is 11.3 Å². The average Bonchev–Trinajstić information content (AvgIpc) is 3.31. The Bertz CT molecular complexity index is 856. The molecular weight excluding hydrogens is 380 g/mol. The smallest absolute Gasteiger partial charge is 0.228 e.